The molecule has 2 N–H and O–H groups in total. The highest BCUT2D eigenvalue weighted by molar-refractivity contribution is 8.00. The maximum Gasteiger partial charge on any atom is 0.348 e. The lowest BCUT2D eigenvalue weighted by Gasteiger charge is -2.13. The summed E-state index contributed by atoms with van der Waals surface area (Å²) in [6.45, 7) is 0.443. The van der Waals surface area contributed by atoms with E-state index in [1.165, 1.54) is 30.0 Å². The Balaban J connectivity index is 1.69. The third kappa shape index (κ3) is 4.57. The summed E-state index contributed by atoms with van der Waals surface area (Å²) in [6.07, 6.45) is 3.00. The van der Waals surface area contributed by atoms with Crippen molar-refractivity contribution in [1.82, 2.24) is 9.55 Å². The number of fused-ring (bicyclic) bond motifs is 1. The van der Waals surface area contributed by atoms with E-state index in [1.807, 2.05) is 0 Å². The topological polar surface area (TPSA) is 127 Å². The first-order chi connectivity index (χ1) is 13.5. The number of aliphatic hydroxyl groups excluding tert-OH is 1. The largest absolute Gasteiger partial charge is 0.396 e. The molecule has 148 valence electrons. The number of hydrogen-bond donors (Lipinski definition) is 2. The van der Waals surface area contributed by atoms with Gasteiger partial charge in [0.1, 0.15) is 5.03 Å². The second kappa shape index (κ2) is 8.98. The average molecular weight is 404 g/mol. The molecule has 0 spiro atoms. The summed E-state index contributed by atoms with van der Waals surface area (Å²) >= 11 is 1.19. The van der Waals surface area contributed by atoms with Crippen LogP contribution < -0.4 is 11.0 Å². The first kappa shape index (κ1) is 20.0. The number of non-ortho nitro benzene ring substituents is 1. The highest BCUT2D eigenvalue weighted by atomic mass is 32.2. The van der Waals surface area contributed by atoms with Crippen molar-refractivity contribution in [3.8, 4) is 0 Å². The maximum absolute atomic E-state index is 12.3. The van der Waals surface area contributed by atoms with Gasteiger partial charge in [0.05, 0.1) is 10.7 Å². The number of hydrogen-bond acceptors (Lipinski definition) is 7. The molecular formula is C18H20N4O5S. The summed E-state index contributed by atoms with van der Waals surface area (Å²) < 4.78 is 1.62. The summed E-state index contributed by atoms with van der Waals surface area (Å²) in [4.78, 5) is 39.0. The molecule has 1 aromatic carbocycles. The number of nitrogens with zero attached hydrogens (tertiary/aromatic N) is 3. The van der Waals surface area contributed by atoms with E-state index in [9.17, 15) is 19.7 Å². The molecule has 0 unspecified atom stereocenters. The van der Waals surface area contributed by atoms with Gasteiger partial charge in [-0.25, -0.2) is 4.79 Å². The number of aliphatic hydroxyl groups is 1. The average Bonchev–Trinajstić information content (AvgIpc) is 3.15. The van der Waals surface area contributed by atoms with Crippen LogP contribution in [0.2, 0.25) is 0 Å². The van der Waals surface area contributed by atoms with Crippen LogP contribution in [0.5, 0.6) is 0 Å². The number of thioether (sulfide) groups is 1. The van der Waals surface area contributed by atoms with Gasteiger partial charge in [0.25, 0.3) is 5.69 Å². The number of rotatable bonds is 8. The quantitative estimate of drug-likeness (QED) is 0.297. The van der Waals surface area contributed by atoms with Crippen molar-refractivity contribution in [2.24, 2.45) is 0 Å². The van der Waals surface area contributed by atoms with Crippen LogP contribution in [0, 0.1) is 10.1 Å². The van der Waals surface area contributed by atoms with Crippen molar-refractivity contribution in [2.45, 2.75) is 37.3 Å². The number of benzene rings is 1. The van der Waals surface area contributed by atoms with Crippen LogP contribution in [0.3, 0.4) is 0 Å². The van der Waals surface area contributed by atoms with Crippen LogP contribution >= 0.6 is 11.8 Å². The zero-order valence-electron chi connectivity index (χ0n) is 15.1. The molecule has 3 rings (SSSR count). The Morgan fingerprint density at radius 3 is 2.96 bits per heavy atom. The standard InChI is InChI=1S/C18H20N4O5S/c23-9-3-8-21-15-7-2-6-14(15)17(20-18(21)25)28-11-16(24)19-12-4-1-5-13(10-12)22(26)27/h1,4-5,10,23H,2-3,6-9,11H2,(H,19,24). The van der Waals surface area contributed by atoms with Crippen molar-refractivity contribution < 1.29 is 14.8 Å². The molecule has 0 bridgehead atoms. The van der Waals surface area contributed by atoms with E-state index in [1.54, 1.807) is 10.6 Å². The molecule has 2 aromatic rings. The van der Waals surface area contributed by atoms with Crippen LogP contribution in [-0.4, -0.2) is 37.8 Å². The molecule has 9 nitrogen and oxygen atoms in total. The number of aromatic nitrogens is 2. The molecule has 0 fully saturated rings. The van der Waals surface area contributed by atoms with E-state index in [-0.39, 0.29) is 29.6 Å². The number of anilines is 1. The summed E-state index contributed by atoms with van der Waals surface area (Å²) in [5.74, 6) is -0.286. The van der Waals surface area contributed by atoms with Crippen molar-refractivity contribution in [3.63, 3.8) is 0 Å². The normalized spacial score (nSPS) is 12.6. The van der Waals surface area contributed by atoms with Gasteiger partial charge in [-0.3, -0.25) is 19.5 Å². The molecule has 1 aliphatic carbocycles. The van der Waals surface area contributed by atoms with Gasteiger partial charge in [-0.05, 0) is 31.7 Å². The van der Waals surface area contributed by atoms with Gasteiger partial charge in [0.2, 0.25) is 5.91 Å². The maximum atomic E-state index is 12.3. The van der Waals surface area contributed by atoms with Gasteiger partial charge in [-0.15, -0.1) is 0 Å². The number of amides is 1. The Morgan fingerprint density at radius 1 is 1.39 bits per heavy atom. The molecule has 28 heavy (non-hydrogen) atoms. The van der Waals surface area contributed by atoms with Crippen LogP contribution in [0.1, 0.15) is 24.1 Å². The summed E-state index contributed by atoms with van der Waals surface area (Å²) in [5.41, 5.74) is 1.81. The summed E-state index contributed by atoms with van der Waals surface area (Å²) in [7, 11) is 0. The fraction of sp³-hybridized carbons (Fsp3) is 0.389. The Hall–Kier alpha value is -2.72. The fourth-order valence-electron chi connectivity index (χ4n) is 3.19. The first-order valence-corrected chi connectivity index (χ1v) is 9.88. The molecule has 1 amide bonds. The monoisotopic (exact) mass is 404 g/mol. The van der Waals surface area contributed by atoms with E-state index in [0.29, 0.717) is 23.7 Å². The van der Waals surface area contributed by atoms with Crippen LogP contribution in [0.25, 0.3) is 0 Å². The lowest BCUT2D eigenvalue weighted by molar-refractivity contribution is -0.384. The number of nitro groups is 1. The van der Waals surface area contributed by atoms with E-state index < -0.39 is 4.92 Å². The third-order valence-corrected chi connectivity index (χ3v) is 5.44. The van der Waals surface area contributed by atoms with E-state index in [4.69, 9.17) is 5.11 Å². The molecule has 10 heteroatoms. The summed E-state index contributed by atoms with van der Waals surface area (Å²) in [6, 6.07) is 5.72. The smallest absolute Gasteiger partial charge is 0.348 e. The molecule has 0 radical (unpaired) electrons. The molecule has 0 saturated carbocycles. The van der Waals surface area contributed by atoms with E-state index in [0.717, 1.165) is 30.5 Å². The second-order valence-corrected chi connectivity index (χ2v) is 7.32. The highest BCUT2D eigenvalue weighted by Crippen LogP contribution is 2.29. The van der Waals surface area contributed by atoms with E-state index in [2.05, 4.69) is 10.3 Å². The molecule has 0 atom stereocenters. The zero-order chi connectivity index (χ0) is 20.1. The van der Waals surface area contributed by atoms with Gasteiger partial charge < -0.3 is 10.4 Å². The van der Waals surface area contributed by atoms with Gasteiger partial charge >= 0.3 is 5.69 Å². The predicted molar refractivity (Wildman–Crippen MR) is 105 cm³/mol. The highest BCUT2D eigenvalue weighted by Gasteiger charge is 2.22. The van der Waals surface area contributed by atoms with Crippen molar-refractivity contribution in [3.05, 3.63) is 56.1 Å². The zero-order valence-corrected chi connectivity index (χ0v) is 15.9. The van der Waals surface area contributed by atoms with Crippen LogP contribution in [-0.2, 0) is 24.2 Å². The number of carbonyl (C=O) groups is 1. The predicted octanol–water partition coefficient (Wildman–Crippen LogP) is 1.75. The fourth-order valence-corrected chi connectivity index (χ4v) is 4.07. The SMILES string of the molecule is O=C(CSc1nc(=O)n(CCCO)c2c1CCC2)Nc1cccc([N+](=O)[O-])c1. The van der Waals surface area contributed by atoms with Gasteiger partial charge in [-0.1, -0.05) is 17.8 Å². The lowest BCUT2D eigenvalue weighted by Crippen LogP contribution is -2.28. The second-order valence-electron chi connectivity index (χ2n) is 6.35. The van der Waals surface area contributed by atoms with Gasteiger partial charge in [0, 0.05) is 42.2 Å². The van der Waals surface area contributed by atoms with Crippen molar-refractivity contribution in [1.29, 1.82) is 0 Å². The molecule has 1 aliphatic rings. The number of nitro benzene ring substituents is 1. The van der Waals surface area contributed by atoms with Crippen LogP contribution in [0.15, 0.2) is 34.1 Å². The molecule has 0 aliphatic heterocycles. The Morgan fingerprint density at radius 2 is 2.21 bits per heavy atom. The first-order valence-electron chi connectivity index (χ1n) is 8.90. The number of nitrogens with one attached hydrogen (secondary N) is 1. The Kier molecular flexibility index (Phi) is 6.42. The summed E-state index contributed by atoms with van der Waals surface area (Å²) in [5, 5.41) is 23.0. The van der Waals surface area contributed by atoms with Crippen LogP contribution in [0.4, 0.5) is 11.4 Å². The third-order valence-electron chi connectivity index (χ3n) is 4.42. The van der Waals surface area contributed by atoms with Crippen molar-refractivity contribution in [2.75, 3.05) is 17.7 Å². The molecule has 0 saturated heterocycles. The molecular weight excluding hydrogens is 384 g/mol. The van der Waals surface area contributed by atoms with Gasteiger partial charge in [0.15, 0.2) is 0 Å². The lowest BCUT2D eigenvalue weighted by atomic mass is 10.2. The van der Waals surface area contributed by atoms with Crippen molar-refractivity contribution >= 4 is 29.0 Å². The molecule has 1 heterocycles. The Bertz CT molecular complexity index is 959. The minimum absolute atomic E-state index is 0.00946. The minimum atomic E-state index is -0.524. The Labute approximate surface area is 164 Å². The number of carbonyl (C=O) groups excluding carboxylic acids is 1. The van der Waals surface area contributed by atoms with E-state index >= 15 is 0 Å². The molecule has 1 aromatic heterocycles. The van der Waals surface area contributed by atoms with Gasteiger partial charge in [-0.2, -0.15) is 4.98 Å². The minimum Gasteiger partial charge on any atom is -0.396 e.